The summed E-state index contributed by atoms with van der Waals surface area (Å²) in [6.45, 7) is 9.30. The Morgan fingerprint density at radius 1 is 1.17 bits per heavy atom. The summed E-state index contributed by atoms with van der Waals surface area (Å²) in [4.78, 5) is 8.74. The number of nitrogens with one attached hydrogen (secondary N) is 2. The van der Waals surface area contributed by atoms with Crippen molar-refractivity contribution in [2.45, 2.75) is 25.8 Å². The highest BCUT2D eigenvalue weighted by atomic mass is 15.2. The van der Waals surface area contributed by atoms with Crippen molar-refractivity contribution >= 4 is 10.9 Å². The van der Waals surface area contributed by atoms with Gasteiger partial charge in [-0.05, 0) is 51.1 Å². The van der Waals surface area contributed by atoms with Gasteiger partial charge in [-0.1, -0.05) is 11.6 Å². The zero-order valence-corrected chi connectivity index (χ0v) is 14.4. The van der Waals surface area contributed by atoms with E-state index in [0.29, 0.717) is 6.04 Å². The number of rotatable bonds is 3. The molecule has 0 saturated carbocycles. The fourth-order valence-electron chi connectivity index (χ4n) is 4.05. The molecule has 124 valence electrons. The highest BCUT2D eigenvalue weighted by Crippen LogP contribution is 2.32. The second-order valence-electron chi connectivity index (χ2n) is 7.26. The number of likely N-dealkylation sites (N-methyl/N-ethyl adjacent to an activating group) is 1. The third-order valence-electron chi connectivity index (χ3n) is 5.54. The van der Waals surface area contributed by atoms with Crippen LogP contribution in [-0.4, -0.2) is 61.1 Å². The Kier molecular flexibility index (Phi) is 4.14. The second kappa shape index (κ2) is 6.27. The van der Waals surface area contributed by atoms with Gasteiger partial charge in [0.15, 0.2) is 0 Å². The molecule has 4 nitrogen and oxygen atoms in total. The van der Waals surface area contributed by atoms with E-state index in [1.807, 2.05) is 0 Å². The average Bonchev–Trinajstić information content (AvgIpc) is 2.93. The Hall–Kier alpha value is -1.36. The minimum atomic E-state index is 0.478. The molecule has 0 unspecified atom stereocenters. The van der Waals surface area contributed by atoms with Crippen LogP contribution in [0.15, 0.2) is 18.2 Å². The maximum atomic E-state index is 3.73. The minimum Gasteiger partial charge on any atom is -0.357 e. The fraction of sp³-hybridized carbons (Fsp3) is 0.579. The molecule has 0 amide bonds. The predicted molar refractivity (Wildman–Crippen MR) is 96.0 cm³/mol. The molecule has 2 aliphatic rings. The van der Waals surface area contributed by atoms with Crippen molar-refractivity contribution in [3.05, 3.63) is 35.0 Å². The van der Waals surface area contributed by atoms with Crippen LogP contribution < -0.4 is 5.32 Å². The number of H-pyrrole nitrogens is 1. The highest BCUT2D eigenvalue weighted by Gasteiger charge is 2.24. The van der Waals surface area contributed by atoms with Crippen LogP contribution in [0.3, 0.4) is 0 Å². The lowest BCUT2D eigenvalue weighted by atomic mass is 9.96. The second-order valence-corrected chi connectivity index (χ2v) is 7.26. The molecule has 2 aromatic rings. The predicted octanol–water partition coefficient (Wildman–Crippen LogP) is 2.30. The summed E-state index contributed by atoms with van der Waals surface area (Å²) in [6.07, 6.45) is 2.34. The van der Waals surface area contributed by atoms with Crippen molar-refractivity contribution in [1.82, 2.24) is 20.1 Å². The first-order valence-corrected chi connectivity index (χ1v) is 8.96. The number of nitrogens with zero attached hydrogens (tertiary/aromatic N) is 2. The van der Waals surface area contributed by atoms with Crippen LogP contribution in [0.1, 0.15) is 29.3 Å². The summed E-state index contributed by atoms with van der Waals surface area (Å²) in [5, 5.41) is 5.17. The number of hydrogen-bond donors (Lipinski definition) is 2. The van der Waals surface area contributed by atoms with Crippen LogP contribution in [0, 0.1) is 6.92 Å². The van der Waals surface area contributed by atoms with E-state index in [9.17, 15) is 0 Å². The summed E-state index contributed by atoms with van der Waals surface area (Å²) in [7, 11) is 2.22. The Balaban J connectivity index is 1.50. The summed E-state index contributed by atoms with van der Waals surface area (Å²) in [5.74, 6) is 0. The molecular weight excluding hydrogens is 284 g/mol. The normalized spacial score (nSPS) is 23.3. The molecule has 0 spiro atoms. The first-order chi connectivity index (χ1) is 11.2. The van der Waals surface area contributed by atoms with Crippen molar-refractivity contribution in [3.8, 4) is 0 Å². The van der Waals surface area contributed by atoms with Crippen LogP contribution >= 0.6 is 0 Å². The molecular formula is C19H28N4. The van der Waals surface area contributed by atoms with E-state index in [-0.39, 0.29) is 0 Å². The molecule has 0 radical (unpaired) electrons. The molecule has 1 atom stereocenters. The standard InChI is InChI=1S/C19H28N4/c1-14-3-4-17-16(13-14)15-5-7-20-18(19(15)21-17)6-8-23-11-9-22(2)10-12-23/h3-4,13,18,20-21H,5-12H2,1-2H3/t18-/m0/s1. The van der Waals surface area contributed by atoms with Gasteiger partial charge in [0.25, 0.3) is 0 Å². The lowest BCUT2D eigenvalue weighted by molar-refractivity contribution is 0.148. The van der Waals surface area contributed by atoms with Crippen LogP contribution in [-0.2, 0) is 6.42 Å². The van der Waals surface area contributed by atoms with Gasteiger partial charge in [-0.15, -0.1) is 0 Å². The van der Waals surface area contributed by atoms with Crippen LogP contribution in [0.2, 0.25) is 0 Å². The molecule has 1 aromatic carbocycles. The number of fused-ring (bicyclic) bond motifs is 3. The number of benzene rings is 1. The average molecular weight is 312 g/mol. The van der Waals surface area contributed by atoms with E-state index in [0.717, 1.165) is 13.0 Å². The number of aromatic amines is 1. The minimum absolute atomic E-state index is 0.478. The summed E-state index contributed by atoms with van der Waals surface area (Å²) in [6, 6.07) is 7.26. The number of aromatic nitrogens is 1. The van der Waals surface area contributed by atoms with Gasteiger partial charge < -0.3 is 20.1 Å². The maximum Gasteiger partial charge on any atom is 0.0488 e. The Morgan fingerprint density at radius 2 is 2.00 bits per heavy atom. The van der Waals surface area contributed by atoms with E-state index in [1.165, 1.54) is 61.3 Å². The zero-order chi connectivity index (χ0) is 15.8. The molecule has 1 fully saturated rings. The van der Waals surface area contributed by atoms with Crippen molar-refractivity contribution in [2.24, 2.45) is 0 Å². The molecule has 2 N–H and O–H groups in total. The quantitative estimate of drug-likeness (QED) is 0.913. The van der Waals surface area contributed by atoms with E-state index >= 15 is 0 Å². The van der Waals surface area contributed by atoms with E-state index < -0.39 is 0 Å². The Labute approximate surface area is 138 Å². The van der Waals surface area contributed by atoms with Gasteiger partial charge in [-0.25, -0.2) is 0 Å². The van der Waals surface area contributed by atoms with Gasteiger partial charge in [-0.2, -0.15) is 0 Å². The van der Waals surface area contributed by atoms with Crippen molar-refractivity contribution in [2.75, 3.05) is 46.3 Å². The molecule has 4 rings (SSSR count). The fourth-order valence-corrected chi connectivity index (χ4v) is 4.05. The Morgan fingerprint density at radius 3 is 2.83 bits per heavy atom. The van der Waals surface area contributed by atoms with Crippen LogP contribution in [0.4, 0.5) is 0 Å². The molecule has 0 bridgehead atoms. The molecule has 2 aliphatic heterocycles. The maximum absolute atomic E-state index is 3.73. The molecule has 1 aromatic heterocycles. The summed E-state index contributed by atoms with van der Waals surface area (Å²) < 4.78 is 0. The highest BCUT2D eigenvalue weighted by molar-refractivity contribution is 5.85. The van der Waals surface area contributed by atoms with Gasteiger partial charge in [0.05, 0.1) is 0 Å². The van der Waals surface area contributed by atoms with E-state index in [2.05, 4.69) is 52.3 Å². The van der Waals surface area contributed by atoms with Crippen LogP contribution in [0.25, 0.3) is 10.9 Å². The zero-order valence-electron chi connectivity index (χ0n) is 14.4. The van der Waals surface area contributed by atoms with Crippen molar-refractivity contribution in [3.63, 3.8) is 0 Å². The van der Waals surface area contributed by atoms with Gasteiger partial charge in [0, 0.05) is 55.4 Å². The third kappa shape index (κ3) is 3.03. The molecule has 23 heavy (non-hydrogen) atoms. The third-order valence-corrected chi connectivity index (χ3v) is 5.54. The largest absolute Gasteiger partial charge is 0.357 e. The summed E-state index contributed by atoms with van der Waals surface area (Å²) >= 11 is 0. The number of hydrogen-bond acceptors (Lipinski definition) is 3. The van der Waals surface area contributed by atoms with Crippen molar-refractivity contribution < 1.29 is 0 Å². The Bertz CT molecular complexity index is 682. The van der Waals surface area contributed by atoms with Gasteiger partial charge in [0.1, 0.15) is 0 Å². The van der Waals surface area contributed by atoms with Gasteiger partial charge in [-0.3, -0.25) is 0 Å². The SMILES string of the molecule is Cc1ccc2[nH]c3c(c2c1)CCN[C@H]3CCN1CCN(C)CC1. The molecule has 4 heteroatoms. The molecule has 1 saturated heterocycles. The van der Waals surface area contributed by atoms with Gasteiger partial charge in [0.2, 0.25) is 0 Å². The molecule has 0 aliphatic carbocycles. The first kappa shape index (κ1) is 15.2. The smallest absolute Gasteiger partial charge is 0.0488 e. The lowest BCUT2D eigenvalue weighted by Crippen LogP contribution is -2.45. The lowest BCUT2D eigenvalue weighted by Gasteiger charge is -2.34. The number of piperazine rings is 1. The van der Waals surface area contributed by atoms with Crippen molar-refractivity contribution in [1.29, 1.82) is 0 Å². The van der Waals surface area contributed by atoms with E-state index in [1.54, 1.807) is 5.56 Å². The topological polar surface area (TPSA) is 34.3 Å². The van der Waals surface area contributed by atoms with Gasteiger partial charge >= 0.3 is 0 Å². The first-order valence-electron chi connectivity index (χ1n) is 8.96. The number of aryl methyl sites for hydroxylation is 1. The summed E-state index contributed by atoms with van der Waals surface area (Å²) in [5.41, 5.74) is 5.64. The molecule has 3 heterocycles. The van der Waals surface area contributed by atoms with Crippen LogP contribution in [0.5, 0.6) is 0 Å². The monoisotopic (exact) mass is 312 g/mol. The van der Waals surface area contributed by atoms with E-state index in [4.69, 9.17) is 0 Å².